The van der Waals surface area contributed by atoms with E-state index in [0.29, 0.717) is 41.5 Å². The second kappa shape index (κ2) is 9.96. The maximum absolute atomic E-state index is 12.8. The molecule has 3 aromatic rings. The quantitative estimate of drug-likeness (QED) is 0.530. The third-order valence-corrected chi connectivity index (χ3v) is 4.94. The summed E-state index contributed by atoms with van der Waals surface area (Å²) in [4.78, 5) is 29.1. The van der Waals surface area contributed by atoms with Gasteiger partial charge in [0.05, 0.1) is 6.61 Å². The zero-order valence-electron chi connectivity index (χ0n) is 17.8. The van der Waals surface area contributed by atoms with Gasteiger partial charge in [-0.25, -0.2) is 0 Å². The number of hydrogen-bond acceptors (Lipinski definition) is 5. The van der Waals surface area contributed by atoms with Crippen molar-refractivity contribution in [2.75, 3.05) is 11.9 Å². The molecule has 7 heteroatoms. The Morgan fingerprint density at radius 1 is 0.938 bits per heavy atom. The lowest BCUT2D eigenvalue weighted by molar-refractivity contribution is 0.0949. The van der Waals surface area contributed by atoms with Crippen molar-refractivity contribution >= 4 is 17.5 Å². The lowest BCUT2D eigenvalue weighted by Gasteiger charge is -2.14. The molecule has 0 unspecified atom stereocenters. The maximum atomic E-state index is 12.8. The molecule has 0 atom stereocenters. The molecule has 4 rings (SSSR count). The van der Waals surface area contributed by atoms with Crippen LogP contribution in [-0.2, 0) is 6.61 Å². The molecule has 32 heavy (non-hydrogen) atoms. The van der Waals surface area contributed by atoms with Gasteiger partial charge in [-0.15, -0.1) is 0 Å². The Balaban J connectivity index is 1.44. The van der Waals surface area contributed by atoms with Crippen molar-refractivity contribution < 1.29 is 19.1 Å². The van der Waals surface area contributed by atoms with Gasteiger partial charge in [0.1, 0.15) is 6.61 Å². The number of carbonyl (C=O) groups excluding carboxylic acids is 2. The minimum absolute atomic E-state index is 0.127. The molecule has 1 saturated carbocycles. The molecule has 0 spiro atoms. The summed E-state index contributed by atoms with van der Waals surface area (Å²) < 4.78 is 11.6. The summed E-state index contributed by atoms with van der Waals surface area (Å²) in [7, 11) is 0. The number of ether oxygens (including phenoxy) is 2. The number of hydrogen-bond donors (Lipinski definition) is 2. The van der Waals surface area contributed by atoms with Crippen LogP contribution >= 0.6 is 0 Å². The highest BCUT2D eigenvalue weighted by Gasteiger charge is 2.24. The molecule has 1 fully saturated rings. The second-order valence-electron chi connectivity index (χ2n) is 7.52. The van der Waals surface area contributed by atoms with Crippen LogP contribution in [0.1, 0.15) is 46.0 Å². The summed E-state index contributed by atoms with van der Waals surface area (Å²) in [5.74, 6) is 0.620. The normalized spacial score (nSPS) is 12.7. The van der Waals surface area contributed by atoms with Gasteiger partial charge < -0.3 is 20.1 Å². The number of aromatic nitrogens is 1. The number of anilines is 1. The zero-order valence-corrected chi connectivity index (χ0v) is 17.8. The molecule has 1 heterocycles. The van der Waals surface area contributed by atoms with Crippen LogP contribution in [0, 0.1) is 0 Å². The van der Waals surface area contributed by atoms with Gasteiger partial charge in [-0.3, -0.25) is 14.6 Å². The molecule has 7 nitrogen and oxygen atoms in total. The van der Waals surface area contributed by atoms with E-state index in [0.717, 1.165) is 18.4 Å². The summed E-state index contributed by atoms with van der Waals surface area (Å²) in [6.07, 6.45) is 5.46. The molecular weight excluding hydrogens is 406 g/mol. The van der Waals surface area contributed by atoms with E-state index in [2.05, 4.69) is 15.6 Å². The molecule has 0 radical (unpaired) electrons. The Labute approximate surface area is 186 Å². The van der Waals surface area contributed by atoms with Crippen LogP contribution in [0.5, 0.6) is 11.5 Å². The topological polar surface area (TPSA) is 89.5 Å². The van der Waals surface area contributed by atoms with Gasteiger partial charge >= 0.3 is 0 Å². The highest BCUT2D eigenvalue weighted by Crippen LogP contribution is 2.30. The lowest BCUT2D eigenvalue weighted by Crippen LogP contribution is -2.25. The third-order valence-electron chi connectivity index (χ3n) is 4.94. The highest BCUT2D eigenvalue weighted by molar-refractivity contribution is 6.05. The highest BCUT2D eigenvalue weighted by atomic mass is 16.5. The van der Waals surface area contributed by atoms with Crippen molar-refractivity contribution in [1.29, 1.82) is 0 Å². The molecule has 1 aliphatic carbocycles. The number of benzene rings is 2. The van der Waals surface area contributed by atoms with Crippen LogP contribution in [0.4, 0.5) is 5.69 Å². The Morgan fingerprint density at radius 2 is 1.72 bits per heavy atom. The first kappa shape index (κ1) is 21.4. The van der Waals surface area contributed by atoms with Crippen molar-refractivity contribution in [3.63, 3.8) is 0 Å². The van der Waals surface area contributed by atoms with Crippen molar-refractivity contribution in [3.05, 3.63) is 83.7 Å². The number of pyridine rings is 1. The molecule has 0 bridgehead atoms. The fraction of sp³-hybridized carbons (Fsp3) is 0.240. The lowest BCUT2D eigenvalue weighted by atomic mass is 10.1. The summed E-state index contributed by atoms with van der Waals surface area (Å²) in [5.41, 5.74) is 2.48. The van der Waals surface area contributed by atoms with Gasteiger partial charge in [-0.05, 0) is 73.9 Å². The van der Waals surface area contributed by atoms with Gasteiger partial charge in [0.25, 0.3) is 11.8 Å². The molecule has 164 valence electrons. The van der Waals surface area contributed by atoms with Crippen LogP contribution in [0.25, 0.3) is 0 Å². The predicted molar refractivity (Wildman–Crippen MR) is 121 cm³/mol. The molecule has 0 aliphatic heterocycles. The predicted octanol–water partition coefficient (Wildman–Crippen LogP) is 4.20. The zero-order chi connectivity index (χ0) is 22.3. The minimum Gasteiger partial charge on any atom is -0.490 e. The molecule has 0 saturated heterocycles. The fourth-order valence-corrected chi connectivity index (χ4v) is 3.11. The second-order valence-corrected chi connectivity index (χ2v) is 7.52. The summed E-state index contributed by atoms with van der Waals surface area (Å²) in [6, 6.07) is 16.0. The Morgan fingerprint density at radius 3 is 2.47 bits per heavy atom. The molecule has 2 N–H and O–H groups in total. The van der Waals surface area contributed by atoms with E-state index in [1.54, 1.807) is 54.9 Å². The van der Waals surface area contributed by atoms with Crippen molar-refractivity contribution in [2.45, 2.75) is 32.4 Å². The van der Waals surface area contributed by atoms with Gasteiger partial charge in [0.2, 0.25) is 0 Å². The van der Waals surface area contributed by atoms with E-state index < -0.39 is 0 Å². The van der Waals surface area contributed by atoms with Crippen molar-refractivity contribution in [2.24, 2.45) is 0 Å². The largest absolute Gasteiger partial charge is 0.490 e. The average Bonchev–Trinajstić information content (AvgIpc) is 3.63. The molecule has 2 amide bonds. The number of amides is 2. The van der Waals surface area contributed by atoms with E-state index in [1.165, 1.54) is 0 Å². The Hall–Kier alpha value is -3.87. The average molecular weight is 431 g/mol. The number of rotatable bonds is 9. The number of nitrogens with zero attached hydrogens (tertiary/aromatic N) is 1. The monoisotopic (exact) mass is 431 g/mol. The SMILES string of the molecule is CCOc1cc(C(=O)Nc2cccc(C(=O)NC3CC3)c2)ccc1OCc1ccncc1. The van der Waals surface area contributed by atoms with E-state index in [4.69, 9.17) is 9.47 Å². The number of nitrogens with one attached hydrogen (secondary N) is 2. The van der Waals surface area contributed by atoms with Crippen molar-refractivity contribution in [1.82, 2.24) is 10.3 Å². The molecular formula is C25H25N3O4. The molecule has 1 aromatic heterocycles. The first-order valence-electron chi connectivity index (χ1n) is 10.6. The van der Waals surface area contributed by atoms with Crippen LogP contribution in [0.15, 0.2) is 67.0 Å². The molecule has 2 aromatic carbocycles. The van der Waals surface area contributed by atoms with Gasteiger partial charge in [-0.1, -0.05) is 6.07 Å². The van der Waals surface area contributed by atoms with Crippen LogP contribution in [0.3, 0.4) is 0 Å². The standard InChI is InChI=1S/C25H25N3O4/c1-2-31-23-15-19(6-9-22(23)32-16-17-10-12-26-13-11-17)25(30)28-21-5-3-4-18(14-21)24(29)27-20-7-8-20/h3-6,9-15,20H,2,7-8,16H2,1H3,(H,27,29)(H,28,30). The van der Waals surface area contributed by atoms with Crippen molar-refractivity contribution in [3.8, 4) is 11.5 Å². The van der Waals surface area contributed by atoms with E-state index in [-0.39, 0.29) is 17.9 Å². The van der Waals surface area contributed by atoms with Crippen LogP contribution in [0.2, 0.25) is 0 Å². The summed E-state index contributed by atoms with van der Waals surface area (Å²) in [5, 5.41) is 5.80. The maximum Gasteiger partial charge on any atom is 0.255 e. The van der Waals surface area contributed by atoms with Gasteiger partial charge in [-0.2, -0.15) is 0 Å². The summed E-state index contributed by atoms with van der Waals surface area (Å²) in [6.45, 7) is 2.68. The summed E-state index contributed by atoms with van der Waals surface area (Å²) >= 11 is 0. The van der Waals surface area contributed by atoms with Gasteiger partial charge in [0, 0.05) is 35.2 Å². The fourth-order valence-electron chi connectivity index (χ4n) is 3.11. The number of carbonyl (C=O) groups is 2. The Kier molecular flexibility index (Phi) is 6.65. The third kappa shape index (κ3) is 5.63. The van der Waals surface area contributed by atoms with Crippen LogP contribution < -0.4 is 20.1 Å². The minimum atomic E-state index is -0.300. The van der Waals surface area contributed by atoms with Gasteiger partial charge in [0.15, 0.2) is 11.5 Å². The Bertz CT molecular complexity index is 1100. The first-order valence-corrected chi connectivity index (χ1v) is 10.6. The first-order chi connectivity index (χ1) is 15.6. The molecule has 1 aliphatic rings. The smallest absolute Gasteiger partial charge is 0.255 e. The van der Waals surface area contributed by atoms with E-state index in [1.807, 2.05) is 19.1 Å². The van der Waals surface area contributed by atoms with E-state index >= 15 is 0 Å². The van der Waals surface area contributed by atoms with E-state index in [9.17, 15) is 9.59 Å². The van der Waals surface area contributed by atoms with Crippen LogP contribution in [-0.4, -0.2) is 29.4 Å².